The van der Waals surface area contributed by atoms with Crippen LogP contribution < -0.4 is 24.6 Å². The molecular formula is C26H36N6O6S. The van der Waals surface area contributed by atoms with Gasteiger partial charge in [0.05, 0.1) is 43.4 Å². The average Bonchev–Trinajstić information content (AvgIpc) is 3.67. The van der Waals surface area contributed by atoms with E-state index < -0.39 is 28.3 Å². The minimum atomic E-state index is -3.77. The molecule has 1 spiro atoms. The number of aromatic nitrogens is 2. The molecule has 0 unspecified atom stereocenters. The van der Waals surface area contributed by atoms with Gasteiger partial charge in [-0.15, -0.1) is 0 Å². The molecule has 3 N–H and O–H groups in total. The molecule has 212 valence electrons. The number of carbonyl (C=O) groups excluding carboxylic acids is 1. The van der Waals surface area contributed by atoms with Gasteiger partial charge in [0, 0.05) is 38.4 Å². The fraction of sp³-hybridized carbons (Fsp3) is 0.577. The summed E-state index contributed by atoms with van der Waals surface area (Å²) in [5.41, 5.74) is 1.36. The maximum Gasteiger partial charge on any atom is 0.260 e. The van der Waals surface area contributed by atoms with Gasteiger partial charge in [0.25, 0.3) is 5.91 Å². The van der Waals surface area contributed by atoms with Gasteiger partial charge in [0.15, 0.2) is 11.6 Å². The fourth-order valence-corrected chi connectivity index (χ4v) is 6.02. The van der Waals surface area contributed by atoms with Crippen LogP contribution in [0.15, 0.2) is 24.4 Å². The van der Waals surface area contributed by atoms with Crippen molar-refractivity contribution in [3.05, 3.63) is 30.0 Å². The van der Waals surface area contributed by atoms with Crippen molar-refractivity contribution < 1.29 is 27.8 Å². The maximum absolute atomic E-state index is 13.6. The van der Waals surface area contributed by atoms with Crippen LogP contribution in [0.2, 0.25) is 0 Å². The number of aliphatic hydroxyl groups is 1. The topological polar surface area (TPSA) is 146 Å². The Morgan fingerprint density at radius 2 is 1.95 bits per heavy atom. The molecule has 13 heteroatoms. The zero-order valence-electron chi connectivity index (χ0n) is 22.4. The van der Waals surface area contributed by atoms with Gasteiger partial charge in [-0.05, 0) is 50.2 Å². The first-order valence-corrected chi connectivity index (χ1v) is 15.0. The third-order valence-corrected chi connectivity index (χ3v) is 8.95. The number of hydrogen-bond donors (Lipinski definition) is 3. The Balaban J connectivity index is 1.41. The molecule has 5 rings (SSSR count). The number of amides is 1. The maximum atomic E-state index is 13.6. The molecular weight excluding hydrogens is 524 g/mol. The van der Waals surface area contributed by atoms with Crippen LogP contribution in [0.5, 0.6) is 5.75 Å². The van der Waals surface area contributed by atoms with E-state index in [1.807, 2.05) is 6.92 Å². The molecule has 12 nitrogen and oxygen atoms in total. The van der Waals surface area contributed by atoms with Crippen LogP contribution in [0.3, 0.4) is 0 Å². The number of ether oxygens (including phenoxy) is 2. The Bertz CT molecular complexity index is 1310. The van der Waals surface area contributed by atoms with Gasteiger partial charge in [-0.2, -0.15) is 0 Å². The second-order valence-corrected chi connectivity index (χ2v) is 12.4. The van der Waals surface area contributed by atoms with E-state index in [1.165, 1.54) is 19.0 Å². The zero-order chi connectivity index (χ0) is 27.6. The number of sulfonamides is 1. The third kappa shape index (κ3) is 6.36. The molecule has 39 heavy (non-hydrogen) atoms. The number of piperidine rings is 1. The van der Waals surface area contributed by atoms with Gasteiger partial charge < -0.3 is 29.7 Å². The standard InChI is InChI=1S/C26H36N6O6S/c1-18-17-32(11-13-38-18)24-21(37-2)3-4-22(28-24)29-25(34)19-16-27-23(30-39(35,36)14-12-33)15-20(19)31-9-7-26(5-6-26)8-10-31/h3-4,15-16,18,33H,5-14,17H2,1-2H3,(H,27,30)(H,28,29,34)/t18-/m1/s1. The number of rotatable bonds is 9. The molecule has 4 heterocycles. The van der Waals surface area contributed by atoms with Gasteiger partial charge >= 0.3 is 0 Å². The predicted molar refractivity (Wildman–Crippen MR) is 148 cm³/mol. The summed E-state index contributed by atoms with van der Waals surface area (Å²) < 4.78 is 38.1. The lowest BCUT2D eigenvalue weighted by Crippen LogP contribution is -2.41. The van der Waals surface area contributed by atoms with Crippen molar-refractivity contribution in [2.75, 3.05) is 72.1 Å². The molecule has 2 saturated heterocycles. The van der Waals surface area contributed by atoms with Crippen LogP contribution in [0.4, 0.5) is 23.1 Å². The van der Waals surface area contributed by atoms with Crippen LogP contribution in [-0.4, -0.2) is 87.8 Å². The molecule has 0 aromatic carbocycles. The summed E-state index contributed by atoms with van der Waals surface area (Å²) in [6.07, 6.45) is 5.97. The molecule has 1 amide bonds. The van der Waals surface area contributed by atoms with E-state index in [9.17, 15) is 13.2 Å². The Morgan fingerprint density at radius 1 is 1.18 bits per heavy atom. The molecule has 0 radical (unpaired) electrons. The molecule has 2 aromatic heterocycles. The first-order valence-electron chi connectivity index (χ1n) is 13.3. The number of nitrogens with zero attached hydrogens (tertiary/aromatic N) is 4. The number of carbonyl (C=O) groups is 1. The Hall–Kier alpha value is -3.16. The van der Waals surface area contributed by atoms with Crippen molar-refractivity contribution in [1.82, 2.24) is 9.97 Å². The van der Waals surface area contributed by atoms with Crippen LogP contribution in [0.1, 0.15) is 43.0 Å². The highest BCUT2D eigenvalue weighted by atomic mass is 32.2. The summed E-state index contributed by atoms with van der Waals surface area (Å²) in [7, 11) is -2.18. The van der Waals surface area contributed by atoms with E-state index in [0.29, 0.717) is 53.7 Å². The van der Waals surface area contributed by atoms with Gasteiger partial charge in [0.1, 0.15) is 11.6 Å². The molecule has 2 aliphatic heterocycles. The largest absolute Gasteiger partial charge is 0.493 e. The molecule has 1 saturated carbocycles. The summed E-state index contributed by atoms with van der Waals surface area (Å²) in [5.74, 6) is 0.867. The number of hydrogen-bond acceptors (Lipinski definition) is 10. The van der Waals surface area contributed by atoms with E-state index in [4.69, 9.17) is 14.6 Å². The molecule has 2 aromatic rings. The lowest BCUT2D eigenvalue weighted by molar-refractivity contribution is 0.0528. The Morgan fingerprint density at radius 3 is 2.62 bits per heavy atom. The van der Waals surface area contributed by atoms with E-state index in [0.717, 1.165) is 25.9 Å². The molecule has 3 aliphatic rings. The zero-order valence-corrected chi connectivity index (χ0v) is 23.2. The van der Waals surface area contributed by atoms with Gasteiger partial charge in [-0.1, -0.05) is 0 Å². The Kier molecular flexibility index (Phi) is 7.83. The van der Waals surface area contributed by atoms with Crippen LogP contribution in [0.25, 0.3) is 0 Å². The lowest BCUT2D eigenvalue weighted by Gasteiger charge is -2.35. The summed E-state index contributed by atoms with van der Waals surface area (Å²) in [6.45, 7) is 4.92. The molecule has 3 fully saturated rings. The normalized spacial score (nSPS) is 20.5. The van der Waals surface area contributed by atoms with Gasteiger partial charge in [0.2, 0.25) is 10.0 Å². The van der Waals surface area contributed by atoms with Crippen LogP contribution in [0, 0.1) is 5.41 Å². The summed E-state index contributed by atoms with van der Waals surface area (Å²) in [4.78, 5) is 26.6. The number of aliphatic hydroxyl groups excluding tert-OH is 1. The van der Waals surface area contributed by atoms with Crippen LogP contribution in [-0.2, 0) is 14.8 Å². The summed E-state index contributed by atoms with van der Waals surface area (Å²) >= 11 is 0. The van der Waals surface area contributed by atoms with Crippen molar-refractivity contribution in [3.8, 4) is 5.75 Å². The second-order valence-electron chi connectivity index (χ2n) is 10.5. The summed E-state index contributed by atoms with van der Waals surface area (Å²) in [5, 5.41) is 12.0. The third-order valence-electron chi connectivity index (χ3n) is 7.71. The summed E-state index contributed by atoms with van der Waals surface area (Å²) in [6, 6.07) is 5.05. The first-order chi connectivity index (χ1) is 18.7. The predicted octanol–water partition coefficient (Wildman–Crippen LogP) is 2.08. The number of morpholine rings is 1. The van der Waals surface area contributed by atoms with Crippen molar-refractivity contribution in [1.29, 1.82) is 0 Å². The molecule has 1 aliphatic carbocycles. The molecule has 0 bridgehead atoms. The van der Waals surface area contributed by atoms with Gasteiger partial charge in [-0.25, -0.2) is 18.4 Å². The first kappa shape index (κ1) is 27.4. The van der Waals surface area contributed by atoms with Gasteiger partial charge in [-0.3, -0.25) is 9.52 Å². The van der Waals surface area contributed by atoms with Crippen molar-refractivity contribution >= 4 is 39.1 Å². The Labute approximate surface area is 228 Å². The molecule has 1 atom stereocenters. The number of nitrogens with one attached hydrogen (secondary N) is 2. The van der Waals surface area contributed by atoms with E-state index in [-0.39, 0.29) is 11.9 Å². The van der Waals surface area contributed by atoms with Crippen LogP contribution >= 0.6 is 0 Å². The minimum Gasteiger partial charge on any atom is -0.493 e. The highest BCUT2D eigenvalue weighted by molar-refractivity contribution is 7.92. The quantitative estimate of drug-likeness (QED) is 0.417. The fourth-order valence-electron chi connectivity index (χ4n) is 5.25. The highest BCUT2D eigenvalue weighted by Crippen LogP contribution is 2.54. The van der Waals surface area contributed by atoms with E-state index in [2.05, 4.69) is 29.8 Å². The smallest absolute Gasteiger partial charge is 0.260 e. The number of anilines is 4. The average molecular weight is 561 g/mol. The number of pyridine rings is 2. The van der Waals surface area contributed by atoms with Crippen molar-refractivity contribution in [2.45, 2.75) is 38.7 Å². The monoisotopic (exact) mass is 560 g/mol. The number of methoxy groups -OCH3 is 1. The SMILES string of the molecule is COc1ccc(NC(=O)c2cnc(NS(=O)(=O)CCO)cc2N2CCC3(CC2)CC3)nc1N1CCO[C@H](C)C1. The second kappa shape index (κ2) is 11.1. The highest BCUT2D eigenvalue weighted by Gasteiger charge is 2.44. The van der Waals surface area contributed by atoms with E-state index >= 15 is 0 Å². The van der Waals surface area contributed by atoms with Crippen molar-refractivity contribution in [3.63, 3.8) is 0 Å². The van der Waals surface area contributed by atoms with E-state index in [1.54, 1.807) is 25.3 Å². The minimum absolute atomic E-state index is 0.0461. The van der Waals surface area contributed by atoms with Crippen molar-refractivity contribution in [2.24, 2.45) is 5.41 Å². The lowest BCUT2D eigenvalue weighted by atomic mass is 9.93.